The maximum absolute atomic E-state index is 11.8. The molecule has 2 heterocycles. The van der Waals surface area contributed by atoms with Crippen molar-refractivity contribution in [2.45, 2.75) is 12.5 Å². The molecule has 0 spiro atoms. The van der Waals surface area contributed by atoms with Gasteiger partial charge in [-0.05, 0) is 12.0 Å². The second-order valence-electron chi connectivity index (χ2n) is 4.72. The van der Waals surface area contributed by atoms with Crippen molar-refractivity contribution in [3.63, 3.8) is 0 Å². The van der Waals surface area contributed by atoms with E-state index < -0.39 is 25.6 Å². The minimum atomic E-state index is -4.33. The van der Waals surface area contributed by atoms with Gasteiger partial charge in [0, 0.05) is 18.0 Å². The third kappa shape index (κ3) is 5.33. The Morgan fingerprint density at radius 3 is 3.04 bits per heavy atom. The molecular formula is C10H15N8O5P. The van der Waals surface area contributed by atoms with Gasteiger partial charge >= 0.3 is 7.60 Å². The van der Waals surface area contributed by atoms with E-state index in [-0.39, 0.29) is 36.6 Å². The number of hydrogen-bond acceptors (Lipinski definition) is 7. The Balaban J connectivity index is 2.02. The van der Waals surface area contributed by atoms with E-state index in [1.54, 1.807) is 0 Å². The molecule has 14 heteroatoms. The molecule has 0 fully saturated rings. The number of fused-ring (bicyclic) bond motifs is 1. The highest BCUT2D eigenvalue weighted by atomic mass is 31.2. The van der Waals surface area contributed by atoms with Gasteiger partial charge in [0.15, 0.2) is 11.2 Å². The molecule has 0 bridgehead atoms. The summed E-state index contributed by atoms with van der Waals surface area (Å²) >= 11 is 0. The highest BCUT2D eigenvalue weighted by molar-refractivity contribution is 7.51. The molecule has 5 N–H and O–H groups in total. The maximum atomic E-state index is 11.8. The molecule has 0 aliphatic carbocycles. The molecule has 13 nitrogen and oxygen atoms in total. The molecule has 0 aliphatic rings. The third-order valence-electron chi connectivity index (χ3n) is 2.89. The van der Waals surface area contributed by atoms with E-state index in [2.05, 4.69) is 35.3 Å². The van der Waals surface area contributed by atoms with Crippen molar-refractivity contribution in [3.8, 4) is 0 Å². The average molecular weight is 358 g/mol. The summed E-state index contributed by atoms with van der Waals surface area (Å²) in [5.41, 5.74) is 8.32. The van der Waals surface area contributed by atoms with Gasteiger partial charge in [-0.25, -0.2) is 4.98 Å². The number of imidazole rings is 1. The first-order valence-electron chi connectivity index (χ1n) is 6.73. The zero-order chi connectivity index (χ0) is 17.6. The van der Waals surface area contributed by atoms with Crippen LogP contribution >= 0.6 is 7.60 Å². The Morgan fingerprint density at radius 2 is 2.33 bits per heavy atom. The maximum Gasteiger partial charge on any atom is 0.350 e. The molecule has 0 radical (unpaired) electrons. The van der Waals surface area contributed by atoms with Gasteiger partial charge in [-0.15, -0.1) is 0 Å². The number of rotatable bonds is 9. The number of hydrogen-bond donors (Lipinski definition) is 5. The Bertz CT molecular complexity index is 837. The van der Waals surface area contributed by atoms with E-state index in [1.807, 2.05) is 0 Å². The second-order valence-corrected chi connectivity index (χ2v) is 6.31. The lowest BCUT2D eigenvalue weighted by atomic mass is 10.2. The first-order chi connectivity index (χ1) is 11.4. The van der Waals surface area contributed by atoms with Crippen molar-refractivity contribution >= 4 is 24.7 Å². The molecule has 2 aromatic heterocycles. The van der Waals surface area contributed by atoms with Gasteiger partial charge in [-0.1, -0.05) is 5.11 Å². The average Bonchev–Trinajstić information content (AvgIpc) is 2.97. The molecule has 2 aromatic rings. The Morgan fingerprint density at radius 1 is 1.54 bits per heavy atom. The molecule has 1 atom stereocenters. The third-order valence-corrected chi connectivity index (χ3v) is 3.37. The Labute approximate surface area is 134 Å². The number of ether oxygens (including phenoxy) is 1. The van der Waals surface area contributed by atoms with Crippen LogP contribution in [0.5, 0.6) is 0 Å². The van der Waals surface area contributed by atoms with Crippen LogP contribution in [-0.4, -0.2) is 55.3 Å². The molecular weight excluding hydrogens is 343 g/mol. The largest absolute Gasteiger partial charge is 0.364 e. The normalized spacial score (nSPS) is 12.8. The van der Waals surface area contributed by atoms with Gasteiger partial charge < -0.3 is 24.8 Å². The van der Waals surface area contributed by atoms with Crippen LogP contribution < -0.4 is 10.9 Å². The van der Waals surface area contributed by atoms with Crippen LogP contribution in [0, 0.1) is 0 Å². The van der Waals surface area contributed by atoms with Gasteiger partial charge in [0.2, 0.25) is 5.95 Å². The number of nitrogens with one attached hydrogen (secondary N) is 3. The van der Waals surface area contributed by atoms with Crippen LogP contribution in [0.4, 0.5) is 5.95 Å². The fourth-order valence-electron chi connectivity index (χ4n) is 1.83. The van der Waals surface area contributed by atoms with Crippen LogP contribution in [-0.2, 0) is 9.30 Å². The monoisotopic (exact) mass is 358 g/mol. The summed E-state index contributed by atoms with van der Waals surface area (Å²) in [5.74, 6) is 0.133. The first kappa shape index (κ1) is 17.9. The highest BCUT2D eigenvalue weighted by Gasteiger charge is 2.18. The van der Waals surface area contributed by atoms with Crippen molar-refractivity contribution in [2.75, 3.05) is 24.8 Å². The number of aromatic nitrogens is 4. The van der Waals surface area contributed by atoms with Crippen molar-refractivity contribution in [2.24, 2.45) is 5.11 Å². The Kier molecular flexibility index (Phi) is 5.90. The van der Waals surface area contributed by atoms with Crippen LogP contribution in [0.3, 0.4) is 0 Å². The van der Waals surface area contributed by atoms with Crippen molar-refractivity contribution in [3.05, 3.63) is 27.1 Å². The van der Waals surface area contributed by atoms with Crippen molar-refractivity contribution in [1.82, 2.24) is 19.9 Å². The number of aromatic amines is 2. The molecule has 0 amide bonds. The molecule has 0 aliphatic heterocycles. The minimum Gasteiger partial charge on any atom is -0.364 e. The topological polar surface area (TPSA) is 202 Å². The van der Waals surface area contributed by atoms with E-state index in [0.29, 0.717) is 0 Å². The van der Waals surface area contributed by atoms with Crippen LogP contribution in [0.15, 0.2) is 16.2 Å². The quantitative estimate of drug-likeness (QED) is 0.182. The zero-order valence-corrected chi connectivity index (χ0v) is 13.2. The van der Waals surface area contributed by atoms with Gasteiger partial charge in [0.05, 0.1) is 12.4 Å². The van der Waals surface area contributed by atoms with Crippen molar-refractivity contribution < 1.29 is 19.1 Å². The van der Waals surface area contributed by atoms with E-state index in [1.165, 1.54) is 6.33 Å². The SMILES string of the molecule is [N-]=[N+]=NCC[C@@H](CNc1nc2nc[nH]c2c(=O)[nH]1)OCP(=O)(O)O. The molecule has 0 unspecified atom stereocenters. The summed E-state index contributed by atoms with van der Waals surface area (Å²) in [6, 6.07) is 0. The van der Waals surface area contributed by atoms with Gasteiger partial charge in [0.25, 0.3) is 5.56 Å². The smallest absolute Gasteiger partial charge is 0.350 e. The zero-order valence-electron chi connectivity index (χ0n) is 12.3. The predicted octanol–water partition coefficient (Wildman–Crippen LogP) is 0.279. The summed E-state index contributed by atoms with van der Waals surface area (Å²) in [5, 5.41) is 6.15. The number of nitrogens with zero attached hydrogens (tertiary/aromatic N) is 5. The minimum absolute atomic E-state index is 0.0832. The first-order valence-corrected chi connectivity index (χ1v) is 8.53. The summed E-state index contributed by atoms with van der Waals surface area (Å²) in [4.78, 5) is 45.2. The summed E-state index contributed by atoms with van der Waals surface area (Å²) in [7, 11) is -4.33. The lowest BCUT2D eigenvalue weighted by molar-refractivity contribution is 0.0794. The van der Waals surface area contributed by atoms with E-state index in [4.69, 9.17) is 20.1 Å². The molecule has 24 heavy (non-hydrogen) atoms. The van der Waals surface area contributed by atoms with Gasteiger partial charge in [-0.2, -0.15) is 4.98 Å². The molecule has 0 aromatic carbocycles. The van der Waals surface area contributed by atoms with Gasteiger partial charge in [0.1, 0.15) is 6.35 Å². The second kappa shape index (κ2) is 7.90. The van der Waals surface area contributed by atoms with E-state index in [0.717, 1.165) is 0 Å². The molecule has 130 valence electrons. The van der Waals surface area contributed by atoms with E-state index >= 15 is 0 Å². The van der Waals surface area contributed by atoms with E-state index in [9.17, 15) is 9.36 Å². The highest BCUT2D eigenvalue weighted by Crippen LogP contribution is 2.34. The molecule has 2 rings (SSSR count). The van der Waals surface area contributed by atoms with Crippen LogP contribution in [0.2, 0.25) is 0 Å². The predicted molar refractivity (Wildman–Crippen MR) is 83.4 cm³/mol. The summed E-state index contributed by atoms with van der Waals surface area (Å²) in [6.45, 7) is 0.173. The molecule has 0 saturated heterocycles. The van der Waals surface area contributed by atoms with Crippen LogP contribution in [0.1, 0.15) is 6.42 Å². The summed E-state index contributed by atoms with van der Waals surface area (Å²) in [6.07, 6.45) is 0.134. The van der Waals surface area contributed by atoms with Crippen LogP contribution in [0.25, 0.3) is 21.6 Å². The lowest BCUT2D eigenvalue weighted by Crippen LogP contribution is -2.26. The Hall–Kier alpha value is -2.43. The number of anilines is 1. The van der Waals surface area contributed by atoms with Gasteiger partial charge in [-0.3, -0.25) is 14.3 Å². The molecule has 0 saturated carbocycles. The number of H-pyrrole nitrogens is 2. The fraction of sp³-hybridized carbons (Fsp3) is 0.500. The standard InChI is InChI=1S/C10H15N8O5P/c11-18-15-2-1-6(23-5-24(20,21)22)3-12-10-16-8-7(9(19)17-10)13-4-14-8/h4,6H,1-3,5H2,(H2,20,21,22)(H3,12,13,14,16,17,19)/t6-/m0/s1. The fourth-order valence-corrected chi connectivity index (χ4v) is 2.24. The summed E-state index contributed by atoms with van der Waals surface area (Å²) < 4.78 is 16.0. The lowest BCUT2D eigenvalue weighted by Gasteiger charge is -2.18. The number of azide groups is 1. The van der Waals surface area contributed by atoms with Crippen molar-refractivity contribution in [1.29, 1.82) is 0 Å².